The number of rotatable bonds is 7. The van der Waals surface area contributed by atoms with Crippen LogP contribution < -0.4 is 10.1 Å². The van der Waals surface area contributed by atoms with Crippen molar-refractivity contribution in [3.63, 3.8) is 0 Å². The molecule has 118 valence electrons. The van der Waals surface area contributed by atoms with Gasteiger partial charge in [-0.3, -0.25) is 0 Å². The molecule has 3 heteroatoms. The molecule has 1 saturated heterocycles. The highest BCUT2D eigenvalue weighted by Gasteiger charge is 2.32. The van der Waals surface area contributed by atoms with Gasteiger partial charge in [-0.05, 0) is 54.8 Å². The van der Waals surface area contributed by atoms with Crippen molar-refractivity contribution in [1.82, 2.24) is 5.32 Å². The minimum absolute atomic E-state index is 0.319. The molecule has 1 heterocycles. The van der Waals surface area contributed by atoms with Crippen LogP contribution in [0, 0.1) is 11.3 Å². The number of hydrogen-bond donors (Lipinski definition) is 1. The first-order chi connectivity index (χ1) is 10.1. The van der Waals surface area contributed by atoms with E-state index in [9.17, 15) is 0 Å². The summed E-state index contributed by atoms with van der Waals surface area (Å²) in [5.74, 6) is 1.64. The van der Waals surface area contributed by atoms with Crippen molar-refractivity contribution in [2.24, 2.45) is 11.3 Å². The molecular formula is C18H29NO2. The average Bonchev–Trinajstić information content (AvgIpc) is 2.48. The molecule has 0 saturated carbocycles. The van der Waals surface area contributed by atoms with Gasteiger partial charge in [-0.25, -0.2) is 0 Å². The molecular weight excluding hydrogens is 262 g/mol. The standard InChI is InChI=1S/C18H29NO2/c1-15(2)13-19-14-18(7-9-21-10-8-18)12-16-5-4-6-17(11-16)20-3/h4-6,11,15,19H,7-10,12-14H2,1-3H3. The van der Waals surface area contributed by atoms with Gasteiger partial charge < -0.3 is 14.8 Å². The molecule has 0 spiro atoms. The molecule has 0 radical (unpaired) electrons. The van der Waals surface area contributed by atoms with Crippen molar-refractivity contribution in [3.05, 3.63) is 29.8 Å². The van der Waals surface area contributed by atoms with Crippen LogP contribution >= 0.6 is 0 Å². The molecule has 0 bridgehead atoms. The molecule has 21 heavy (non-hydrogen) atoms. The number of ether oxygens (including phenoxy) is 2. The maximum Gasteiger partial charge on any atom is 0.119 e. The van der Waals surface area contributed by atoms with Crippen LogP contribution in [0.5, 0.6) is 5.75 Å². The monoisotopic (exact) mass is 291 g/mol. The zero-order chi connectivity index (χ0) is 15.1. The molecule has 1 aromatic carbocycles. The van der Waals surface area contributed by atoms with Crippen LogP contribution in [-0.4, -0.2) is 33.4 Å². The maximum atomic E-state index is 5.58. The summed E-state index contributed by atoms with van der Waals surface area (Å²) in [4.78, 5) is 0. The van der Waals surface area contributed by atoms with Crippen molar-refractivity contribution in [2.45, 2.75) is 33.1 Å². The largest absolute Gasteiger partial charge is 0.497 e. The molecule has 1 aliphatic rings. The first-order valence-corrected chi connectivity index (χ1v) is 8.05. The Balaban J connectivity index is 2.04. The van der Waals surface area contributed by atoms with Gasteiger partial charge in [0, 0.05) is 19.8 Å². The summed E-state index contributed by atoms with van der Waals surface area (Å²) >= 11 is 0. The number of methoxy groups -OCH3 is 1. The first-order valence-electron chi connectivity index (χ1n) is 8.05. The summed E-state index contributed by atoms with van der Waals surface area (Å²) in [6.45, 7) is 8.44. The van der Waals surface area contributed by atoms with Gasteiger partial charge in [0.15, 0.2) is 0 Å². The summed E-state index contributed by atoms with van der Waals surface area (Å²) in [5.41, 5.74) is 1.68. The lowest BCUT2D eigenvalue weighted by Gasteiger charge is -2.38. The van der Waals surface area contributed by atoms with Gasteiger partial charge in [0.2, 0.25) is 0 Å². The molecule has 1 fully saturated rings. The lowest BCUT2D eigenvalue weighted by atomic mass is 9.75. The van der Waals surface area contributed by atoms with Crippen molar-refractivity contribution in [3.8, 4) is 5.75 Å². The topological polar surface area (TPSA) is 30.5 Å². The highest BCUT2D eigenvalue weighted by molar-refractivity contribution is 5.29. The highest BCUT2D eigenvalue weighted by atomic mass is 16.5. The summed E-state index contributed by atoms with van der Waals surface area (Å²) in [5, 5.41) is 3.66. The van der Waals surface area contributed by atoms with E-state index in [4.69, 9.17) is 9.47 Å². The molecule has 1 N–H and O–H groups in total. The van der Waals surface area contributed by atoms with E-state index in [0.29, 0.717) is 11.3 Å². The number of nitrogens with one attached hydrogen (secondary N) is 1. The fraction of sp³-hybridized carbons (Fsp3) is 0.667. The van der Waals surface area contributed by atoms with E-state index in [1.165, 1.54) is 5.56 Å². The summed E-state index contributed by atoms with van der Waals surface area (Å²) in [7, 11) is 1.73. The quantitative estimate of drug-likeness (QED) is 0.836. The van der Waals surface area contributed by atoms with E-state index in [-0.39, 0.29) is 0 Å². The predicted octanol–water partition coefficient (Wildman–Crippen LogP) is 3.28. The lowest BCUT2D eigenvalue weighted by molar-refractivity contribution is 0.0147. The fourth-order valence-electron chi connectivity index (χ4n) is 3.06. The second-order valence-corrected chi connectivity index (χ2v) is 6.67. The molecule has 0 atom stereocenters. The number of hydrogen-bond acceptors (Lipinski definition) is 3. The van der Waals surface area contributed by atoms with E-state index >= 15 is 0 Å². The van der Waals surface area contributed by atoms with Crippen LogP contribution in [-0.2, 0) is 11.2 Å². The molecule has 0 aliphatic carbocycles. The normalized spacial score (nSPS) is 17.9. The van der Waals surface area contributed by atoms with Gasteiger partial charge in [0.05, 0.1) is 7.11 Å². The first kappa shape index (κ1) is 16.3. The van der Waals surface area contributed by atoms with E-state index in [2.05, 4.69) is 37.4 Å². The van der Waals surface area contributed by atoms with Crippen LogP contribution in [0.2, 0.25) is 0 Å². The van der Waals surface area contributed by atoms with Crippen LogP contribution in [0.25, 0.3) is 0 Å². The Kier molecular flexibility index (Phi) is 6.07. The Morgan fingerprint density at radius 1 is 1.29 bits per heavy atom. The Hall–Kier alpha value is -1.06. The lowest BCUT2D eigenvalue weighted by Crippen LogP contribution is -2.41. The minimum Gasteiger partial charge on any atom is -0.497 e. The van der Waals surface area contributed by atoms with Gasteiger partial charge in [0.25, 0.3) is 0 Å². The zero-order valence-electron chi connectivity index (χ0n) is 13.7. The minimum atomic E-state index is 0.319. The zero-order valence-corrected chi connectivity index (χ0v) is 13.7. The molecule has 1 aliphatic heterocycles. The summed E-state index contributed by atoms with van der Waals surface area (Å²) < 4.78 is 10.9. The van der Waals surface area contributed by atoms with Crippen LogP contribution in [0.1, 0.15) is 32.3 Å². The molecule has 3 nitrogen and oxygen atoms in total. The molecule has 0 amide bonds. The Morgan fingerprint density at radius 3 is 2.71 bits per heavy atom. The smallest absolute Gasteiger partial charge is 0.119 e. The maximum absolute atomic E-state index is 5.58. The molecule has 2 rings (SSSR count). The van der Waals surface area contributed by atoms with Crippen molar-refractivity contribution in [2.75, 3.05) is 33.4 Å². The van der Waals surface area contributed by atoms with E-state index in [1.54, 1.807) is 7.11 Å². The fourth-order valence-corrected chi connectivity index (χ4v) is 3.06. The number of benzene rings is 1. The Morgan fingerprint density at radius 2 is 2.05 bits per heavy atom. The van der Waals surface area contributed by atoms with Gasteiger partial charge in [-0.1, -0.05) is 26.0 Å². The van der Waals surface area contributed by atoms with Crippen molar-refractivity contribution >= 4 is 0 Å². The van der Waals surface area contributed by atoms with Crippen molar-refractivity contribution in [1.29, 1.82) is 0 Å². The van der Waals surface area contributed by atoms with Crippen LogP contribution in [0.3, 0.4) is 0 Å². The van der Waals surface area contributed by atoms with Gasteiger partial charge >= 0.3 is 0 Å². The molecule has 0 aromatic heterocycles. The van der Waals surface area contributed by atoms with Crippen LogP contribution in [0.15, 0.2) is 24.3 Å². The summed E-state index contributed by atoms with van der Waals surface area (Å²) in [6.07, 6.45) is 3.36. The molecule has 1 aromatic rings. The Labute approximate surface area is 129 Å². The van der Waals surface area contributed by atoms with E-state index in [1.807, 2.05) is 6.07 Å². The van der Waals surface area contributed by atoms with Crippen LogP contribution in [0.4, 0.5) is 0 Å². The third-order valence-electron chi connectivity index (χ3n) is 4.32. The van der Waals surface area contributed by atoms with E-state index in [0.717, 1.165) is 51.3 Å². The van der Waals surface area contributed by atoms with Gasteiger partial charge in [-0.15, -0.1) is 0 Å². The Bertz CT molecular complexity index is 425. The highest BCUT2D eigenvalue weighted by Crippen LogP contribution is 2.34. The second-order valence-electron chi connectivity index (χ2n) is 6.67. The SMILES string of the molecule is COc1cccc(CC2(CNCC(C)C)CCOCC2)c1. The van der Waals surface area contributed by atoms with Gasteiger partial charge in [-0.2, -0.15) is 0 Å². The molecule has 0 unspecified atom stereocenters. The second kappa shape index (κ2) is 7.81. The average molecular weight is 291 g/mol. The van der Waals surface area contributed by atoms with E-state index < -0.39 is 0 Å². The predicted molar refractivity (Wildman–Crippen MR) is 86.9 cm³/mol. The van der Waals surface area contributed by atoms with Gasteiger partial charge in [0.1, 0.15) is 5.75 Å². The van der Waals surface area contributed by atoms with Crippen molar-refractivity contribution < 1.29 is 9.47 Å². The third-order valence-corrected chi connectivity index (χ3v) is 4.32. The third kappa shape index (κ3) is 5.01. The summed E-state index contributed by atoms with van der Waals surface area (Å²) in [6, 6.07) is 8.47.